The minimum Gasteiger partial charge on any atom is -0.473 e. The van der Waals surface area contributed by atoms with Gasteiger partial charge < -0.3 is 10.1 Å². The maximum atomic E-state index is 5.88. The van der Waals surface area contributed by atoms with Crippen LogP contribution in [0, 0.1) is 0 Å². The fourth-order valence-corrected chi connectivity index (χ4v) is 2.46. The lowest BCUT2D eigenvalue weighted by Crippen LogP contribution is -2.14. The second-order valence-electron chi connectivity index (χ2n) is 4.82. The summed E-state index contributed by atoms with van der Waals surface area (Å²) in [6.07, 6.45) is 4.17. The average Bonchev–Trinajstić information content (AvgIpc) is 3.01. The lowest BCUT2D eigenvalue weighted by atomic mass is 10.1. The Bertz CT molecular complexity index is 521. The molecule has 2 heterocycles. The molecular weight excluding hydrogens is 236 g/mol. The minimum atomic E-state index is 0.388. The van der Waals surface area contributed by atoms with Gasteiger partial charge in [-0.05, 0) is 31.0 Å². The molecule has 0 bridgehead atoms. The number of nitrogens with one attached hydrogen (secondary N) is 1. The largest absolute Gasteiger partial charge is 0.473 e. The van der Waals surface area contributed by atoms with Crippen molar-refractivity contribution in [3.8, 4) is 5.88 Å². The number of pyridine rings is 1. The summed E-state index contributed by atoms with van der Waals surface area (Å²) in [6, 6.07) is 14.7. The monoisotopic (exact) mass is 254 g/mol. The zero-order valence-corrected chi connectivity index (χ0v) is 10.9. The highest BCUT2D eigenvalue weighted by molar-refractivity contribution is 5.30. The van der Waals surface area contributed by atoms with Crippen LogP contribution in [0.25, 0.3) is 0 Å². The molecule has 2 aromatic rings. The quantitative estimate of drug-likeness (QED) is 0.910. The summed E-state index contributed by atoms with van der Waals surface area (Å²) in [5.74, 6) is 0.755. The Hall–Kier alpha value is -1.87. The van der Waals surface area contributed by atoms with Gasteiger partial charge in [0.2, 0.25) is 5.88 Å². The Morgan fingerprint density at radius 1 is 1.16 bits per heavy atom. The maximum Gasteiger partial charge on any atom is 0.218 e. The Kier molecular flexibility index (Phi) is 3.75. The standard InChI is InChI=1S/C16H18N2O/c1-2-6-13(7-3-1)12-19-16-14(8-4-11-18-16)15-9-5-10-17-15/h1-4,6-8,11,15,17H,5,9-10,12H2/t15-/m0/s1. The molecule has 3 nitrogen and oxygen atoms in total. The summed E-state index contributed by atoms with van der Waals surface area (Å²) in [4.78, 5) is 4.38. The van der Waals surface area contributed by atoms with E-state index in [9.17, 15) is 0 Å². The van der Waals surface area contributed by atoms with Crippen LogP contribution in [-0.2, 0) is 6.61 Å². The number of aromatic nitrogens is 1. The Morgan fingerprint density at radius 2 is 2.05 bits per heavy atom. The third kappa shape index (κ3) is 2.93. The first-order chi connectivity index (χ1) is 9.43. The minimum absolute atomic E-state index is 0.388. The molecule has 0 radical (unpaired) electrons. The summed E-state index contributed by atoms with van der Waals surface area (Å²) in [5.41, 5.74) is 2.34. The molecule has 1 aliphatic rings. The van der Waals surface area contributed by atoms with Gasteiger partial charge in [-0.25, -0.2) is 4.98 Å². The first kappa shape index (κ1) is 12.2. The first-order valence-electron chi connectivity index (χ1n) is 6.78. The molecule has 1 N–H and O–H groups in total. The van der Waals surface area contributed by atoms with Crippen LogP contribution in [0.15, 0.2) is 48.7 Å². The maximum absolute atomic E-state index is 5.88. The Balaban J connectivity index is 1.73. The van der Waals surface area contributed by atoms with E-state index in [4.69, 9.17) is 4.74 Å². The molecule has 19 heavy (non-hydrogen) atoms. The molecule has 0 unspecified atom stereocenters. The summed E-state index contributed by atoms with van der Waals surface area (Å²) in [7, 11) is 0. The van der Waals surface area contributed by atoms with Gasteiger partial charge in [0.05, 0.1) is 0 Å². The highest BCUT2D eigenvalue weighted by Crippen LogP contribution is 2.29. The molecule has 0 saturated carbocycles. The van der Waals surface area contributed by atoms with E-state index in [-0.39, 0.29) is 0 Å². The second-order valence-corrected chi connectivity index (χ2v) is 4.82. The van der Waals surface area contributed by atoms with Gasteiger partial charge in [-0.2, -0.15) is 0 Å². The highest BCUT2D eigenvalue weighted by atomic mass is 16.5. The van der Waals surface area contributed by atoms with E-state index in [0.29, 0.717) is 12.6 Å². The molecule has 1 aliphatic heterocycles. The molecule has 0 aliphatic carbocycles. The fraction of sp³-hybridized carbons (Fsp3) is 0.312. The summed E-state index contributed by atoms with van der Waals surface area (Å²) in [6.45, 7) is 1.65. The second kappa shape index (κ2) is 5.85. The van der Waals surface area contributed by atoms with E-state index in [1.54, 1.807) is 6.20 Å². The van der Waals surface area contributed by atoms with Gasteiger partial charge in [0.1, 0.15) is 6.61 Å². The molecule has 0 spiro atoms. The van der Waals surface area contributed by atoms with E-state index in [0.717, 1.165) is 18.8 Å². The third-order valence-corrected chi connectivity index (χ3v) is 3.45. The SMILES string of the molecule is c1ccc(COc2ncccc2[C@@H]2CCCN2)cc1. The third-order valence-electron chi connectivity index (χ3n) is 3.45. The molecule has 1 atom stereocenters. The number of hydrogen-bond donors (Lipinski definition) is 1. The molecule has 1 aromatic carbocycles. The fourth-order valence-electron chi connectivity index (χ4n) is 2.46. The molecule has 3 heteroatoms. The number of rotatable bonds is 4. The van der Waals surface area contributed by atoms with E-state index in [1.807, 2.05) is 24.3 Å². The van der Waals surface area contributed by atoms with Crippen LogP contribution in [-0.4, -0.2) is 11.5 Å². The zero-order valence-electron chi connectivity index (χ0n) is 10.9. The Morgan fingerprint density at radius 3 is 2.84 bits per heavy atom. The van der Waals surface area contributed by atoms with Gasteiger partial charge in [-0.15, -0.1) is 0 Å². The van der Waals surface area contributed by atoms with Gasteiger partial charge in [-0.3, -0.25) is 0 Å². The number of nitrogens with zero attached hydrogens (tertiary/aromatic N) is 1. The van der Waals surface area contributed by atoms with Gasteiger partial charge >= 0.3 is 0 Å². The van der Waals surface area contributed by atoms with Crippen molar-refractivity contribution in [2.75, 3.05) is 6.54 Å². The summed E-state index contributed by atoms with van der Waals surface area (Å²) < 4.78 is 5.88. The molecule has 1 saturated heterocycles. The molecular formula is C16H18N2O. The predicted molar refractivity (Wildman–Crippen MR) is 75.0 cm³/mol. The molecule has 0 amide bonds. The van der Waals surface area contributed by atoms with Crippen molar-refractivity contribution in [2.45, 2.75) is 25.5 Å². The van der Waals surface area contributed by atoms with Gasteiger partial charge in [-0.1, -0.05) is 36.4 Å². The first-order valence-corrected chi connectivity index (χ1v) is 6.78. The van der Waals surface area contributed by atoms with Crippen molar-refractivity contribution in [1.82, 2.24) is 10.3 Å². The zero-order chi connectivity index (χ0) is 12.9. The summed E-state index contributed by atoms with van der Waals surface area (Å²) in [5, 5.41) is 3.49. The lowest BCUT2D eigenvalue weighted by molar-refractivity contribution is 0.287. The van der Waals surface area contributed by atoms with E-state index in [1.165, 1.54) is 17.5 Å². The van der Waals surface area contributed by atoms with Gasteiger partial charge in [0.25, 0.3) is 0 Å². The number of benzene rings is 1. The topological polar surface area (TPSA) is 34.1 Å². The highest BCUT2D eigenvalue weighted by Gasteiger charge is 2.20. The van der Waals surface area contributed by atoms with Gasteiger partial charge in [0.15, 0.2) is 0 Å². The molecule has 1 fully saturated rings. The van der Waals surface area contributed by atoms with Crippen LogP contribution in [0.1, 0.15) is 30.0 Å². The predicted octanol–water partition coefficient (Wildman–Crippen LogP) is 3.09. The van der Waals surface area contributed by atoms with Crippen molar-refractivity contribution in [3.63, 3.8) is 0 Å². The van der Waals surface area contributed by atoms with E-state index < -0.39 is 0 Å². The Labute approximate surface area is 113 Å². The van der Waals surface area contributed by atoms with Crippen molar-refractivity contribution in [2.24, 2.45) is 0 Å². The van der Waals surface area contributed by atoms with Gasteiger partial charge in [0, 0.05) is 17.8 Å². The average molecular weight is 254 g/mol. The van der Waals surface area contributed by atoms with Crippen LogP contribution in [0.5, 0.6) is 5.88 Å². The number of hydrogen-bond acceptors (Lipinski definition) is 3. The number of ether oxygens (including phenoxy) is 1. The molecule has 3 rings (SSSR count). The van der Waals surface area contributed by atoms with Crippen LogP contribution in [0.2, 0.25) is 0 Å². The molecule has 98 valence electrons. The van der Waals surface area contributed by atoms with Crippen molar-refractivity contribution in [3.05, 3.63) is 59.8 Å². The smallest absolute Gasteiger partial charge is 0.218 e. The normalized spacial score (nSPS) is 18.4. The van der Waals surface area contributed by atoms with Crippen LogP contribution in [0.4, 0.5) is 0 Å². The van der Waals surface area contributed by atoms with E-state index in [2.05, 4.69) is 28.5 Å². The lowest BCUT2D eigenvalue weighted by Gasteiger charge is -2.15. The van der Waals surface area contributed by atoms with Crippen LogP contribution in [0.3, 0.4) is 0 Å². The van der Waals surface area contributed by atoms with Crippen LogP contribution < -0.4 is 10.1 Å². The van der Waals surface area contributed by atoms with Crippen LogP contribution >= 0.6 is 0 Å². The summed E-state index contributed by atoms with van der Waals surface area (Å²) >= 11 is 0. The van der Waals surface area contributed by atoms with Crippen molar-refractivity contribution >= 4 is 0 Å². The van der Waals surface area contributed by atoms with Crippen molar-refractivity contribution < 1.29 is 4.74 Å². The molecule has 1 aromatic heterocycles. The van der Waals surface area contributed by atoms with E-state index >= 15 is 0 Å². The van der Waals surface area contributed by atoms with Crippen molar-refractivity contribution in [1.29, 1.82) is 0 Å².